The number of carbonyl (C=O) groups excluding carboxylic acids is 1. The number of carbonyl (C=O) groups is 1. The largest absolute Gasteiger partial charge is 0.295 e. The Morgan fingerprint density at radius 2 is 1.87 bits per heavy atom. The molecule has 4 aromatic rings. The molecule has 0 saturated heterocycles. The maximum atomic E-state index is 13.7. The van der Waals surface area contributed by atoms with Gasteiger partial charge in [0.15, 0.2) is 17.3 Å². The average Bonchev–Trinajstić information content (AvgIpc) is 3.47. The van der Waals surface area contributed by atoms with Crippen LogP contribution in [0.3, 0.4) is 0 Å². The van der Waals surface area contributed by atoms with E-state index in [-0.39, 0.29) is 5.69 Å². The van der Waals surface area contributed by atoms with Crippen molar-refractivity contribution in [3.05, 3.63) is 77.1 Å². The second-order valence-electron chi connectivity index (χ2n) is 6.87. The number of nitrogens with zero attached hydrogens (tertiary/aromatic N) is 4. The summed E-state index contributed by atoms with van der Waals surface area (Å²) in [7, 11) is 0. The van der Waals surface area contributed by atoms with Crippen molar-refractivity contribution in [3.8, 4) is 16.3 Å². The lowest BCUT2D eigenvalue weighted by atomic mass is 10.2. The van der Waals surface area contributed by atoms with Gasteiger partial charge in [-0.3, -0.25) is 10.1 Å². The maximum Gasteiger partial charge on any atom is 0.278 e. The fourth-order valence-electron chi connectivity index (χ4n) is 3.58. The number of aromatic nitrogens is 4. The summed E-state index contributed by atoms with van der Waals surface area (Å²) in [5.74, 6) is -2.28. The summed E-state index contributed by atoms with van der Waals surface area (Å²) in [6.07, 6.45) is 2.28. The number of hydrogen-bond acceptors (Lipinski definition) is 5. The van der Waals surface area contributed by atoms with Gasteiger partial charge in [-0.1, -0.05) is 41.7 Å². The predicted octanol–water partition coefficient (Wildman–Crippen LogP) is 4.41. The van der Waals surface area contributed by atoms with Crippen molar-refractivity contribution < 1.29 is 13.6 Å². The lowest BCUT2D eigenvalue weighted by Crippen LogP contribution is -2.15. The average molecular weight is 423 g/mol. The summed E-state index contributed by atoms with van der Waals surface area (Å²) in [6, 6.07) is 13.1. The number of nitrogens with one attached hydrogen (secondary N) is 1. The standard InChI is InChI=1S/C21H15F2N5OS/c22-15-10-9-13(11-16(15)23)28-17-8-4-7-14(17)18(27-28)19(29)24-21-26-25-20(30-21)12-5-2-1-3-6-12/h1-3,5-6,9-11H,4,7-8H2,(H,24,26,29). The molecule has 1 amide bonds. The molecule has 0 atom stereocenters. The number of benzene rings is 2. The van der Waals surface area contributed by atoms with Crippen LogP contribution in [0, 0.1) is 11.6 Å². The third kappa shape index (κ3) is 3.26. The van der Waals surface area contributed by atoms with Gasteiger partial charge in [-0.25, -0.2) is 13.5 Å². The Hall–Kier alpha value is -3.46. The van der Waals surface area contributed by atoms with Crippen molar-refractivity contribution in [1.29, 1.82) is 0 Å². The normalized spacial score (nSPS) is 12.7. The van der Waals surface area contributed by atoms with Crippen LogP contribution in [0.15, 0.2) is 48.5 Å². The molecular formula is C21H15F2N5OS. The van der Waals surface area contributed by atoms with Gasteiger partial charge in [0, 0.05) is 22.9 Å². The molecule has 1 aliphatic rings. The Bertz CT molecular complexity index is 1250. The molecule has 9 heteroatoms. The minimum atomic E-state index is -0.956. The van der Waals surface area contributed by atoms with Crippen molar-refractivity contribution in [2.75, 3.05) is 5.32 Å². The van der Waals surface area contributed by atoms with E-state index in [1.165, 1.54) is 22.1 Å². The van der Waals surface area contributed by atoms with Gasteiger partial charge in [-0.2, -0.15) is 5.10 Å². The van der Waals surface area contributed by atoms with Crippen LogP contribution in [0.4, 0.5) is 13.9 Å². The molecule has 0 radical (unpaired) electrons. The van der Waals surface area contributed by atoms with Crippen molar-refractivity contribution in [3.63, 3.8) is 0 Å². The van der Waals surface area contributed by atoms with E-state index in [9.17, 15) is 13.6 Å². The molecule has 150 valence electrons. The molecule has 0 fully saturated rings. The molecule has 2 aromatic heterocycles. The zero-order valence-corrected chi connectivity index (χ0v) is 16.4. The summed E-state index contributed by atoms with van der Waals surface area (Å²) < 4.78 is 28.5. The number of hydrogen-bond donors (Lipinski definition) is 1. The van der Waals surface area contributed by atoms with E-state index in [0.717, 1.165) is 35.4 Å². The van der Waals surface area contributed by atoms with E-state index in [1.807, 2.05) is 30.3 Å². The Morgan fingerprint density at radius 1 is 1.03 bits per heavy atom. The fraction of sp³-hybridized carbons (Fsp3) is 0.143. The zero-order chi connectivity index (χ0) is 20.7. The quantitative estimate of drug-likeness (QED) is 0.528. The first-order chi connectivity index (χ1) is 14.6. The van der Waals surface area contributed by atoms with Crippen LogP contribution in [0.2, 0.25) is 0 Å². The van der Waals surface area contributed by atoms with Gasteiger partial charge in [0.1, 0.15) is 5.01 Å². The molecule has 30 heavy (non-hydrogen) atoms. The highest BCUT2D eigenvalue weighted by molar-refractivity contribution is 7.18. The van der Waals surface area contributed by atoms with Gasteiger partial charge < -0.3 is 0 Å². The van der Waals surface area contributed by atoms with Crippen LogP contribution in [-0.2, 0) is 12.8 Å². The molecule has 0 bridgehead atoms. The summed E-state index contributed by atoms with van der Waals surface area (Å²) in [4.78, 5) is 12.9. The molecule has 2 aromatic carbocycles. The van der Waals surface area contributed by atoms with Crippen LogP contribution >= 0.6 is 11.3 Å². The Balaban J connectivity index is 1.44. The second kappa shape index (κ2) is 7.42. The highest BCUT2D eigenvalue weighted by atomic mass is 32.1. The molecule has 0 aliphatic heterocycles. The van der Waals surface area contributed by atoms with Crippen LogP contribution in [0.25, 0.3) is 16.3 Å². The van der Waals surface area contributed by atoms with Gasteiger partial charge in [-0.05, 0) is 31.4 Å². The summed E-state index contributed by atoms with van der Waals surface area (Å²) in [6.45, 7) is 0. The maximum absolute atomic E-state index is 13.7. The fourth-order valence-corrected chi connectivity index (χ4v) is 4.32. The minimum absolute atomic E-state index is 0.267. The zero-order valence-electron chi connectivity index (χ0n) is 15.6. The minimum Gasteiger partial charge on any atom is -0.295 e. The van der Waals surface area contributed by atoms with Crippen molar-refractivity contribution in [2.24, 2.45) is 0 Å². The Morgan fingerprint density at radius 3 is 2.67 bits per heavy atom. The molecule has 0 spiro atoms. The highest BCUT2D eigenvalue weighted by Gasteiger charge is 2.28. The molecule has 0 unspecified atom stereocenters. The van der Waals surface area contributed by atoms with Crippen molar-refractivity contribution >= 4 is 22.4 Å². The van der Waals surface area contributed by atoms with E-state index in [2.05, 4.69) is 20.6 Å². The SMILES string of the molecule is O=C(Nc1nnc(-c2ccccc2)s1)c1nn(-c2ccc(F)c(F)c2)c2c1CCC2. The Labute approximate surface area is 174 Å². The molecule has 1 N–H and O–H groups in total. The van der Waals surface area contributed by atoms with Crippen molar-refractivity contribution in [1.82, 2.24) is 20.0 Å². The second-order valence-corrected chi connectivity index (χ2v) is 7.85. The molecule has 1 aliphatic carbocycles. The van der Waals surface area contributed by atoms with Gasteiger partial charge >= 0.3 is 0 Å². The van der Waals surface area contributed by atoms with Gasteiger partial charge in [0.25, 0.3) is 5.91 Å². The molecular weight excluding hydrogens is 408 g/mol. The van der Waals surface area contributed by atoms with Crippen LogP contribution in [-0.4, -0.2) is 25.9 Å². The molecule has 6 nitrogen and oxygen atoms in total. The summed E-state index contributed by atoms with van der Waals surface area (Å²) >= 11 is 1.27. The summed E-state index contributed by atoms with van der Waals surface area (Å²) in [5, 5.41) is 16.4. The van der Waals surface area contributed by atoms with E-state index in [1.54, 1.807) is 0 Å². The van der Waals surface area contributed by atoms with Crippen LogP contribution in [0.1, 0.15) is 28.2 Å². The first kappa shape index (κ1) is 18.6. The lowest BCUT2D eigenvalue weighted by Gasteiger charge is -2.05. The van der Waals surface area contributed by atoms with E-state index < -0.39 is 17.5 Å². The third-order valence-electron chi connectivity index (χ3n) is 4.96. The van der Waals surface area contributed by atoms with Crippen molar-refractivity contribution in [2.45, 2.75) is 19.3 Å². The molecule has 2 heterocycles. The van der Waals surface area contributed by atoms with E-state index >= 15 is 0 Å². The Kier molecular flexibility index (Phi) is 4.59. The predicted molar refractivity (Wildman–Crippen MR) is 109 cm³/mol. The lowest BCUT2D eigenvalue weighted by molar-refractivity contribution is 0.102. The third-order valence-corrected chi connectivity index (χ3v) is 5.85. The monoisotopic (exact) mass is 423 g/mol. The van der Waals surface area contributed by atoms with Gasteiger partial charge in [-0.15, -0.1) is 10.2 Å². The van der Waals surface area contributed by atoms with Gasteiger partial charge in [0.2, 0.25) is 5.13 Å². The number of fused-ring (bicyclic) bond motifs is 1. The first-order valence-corrected chi connectivity index (χ1v) is 10.2. The highest BCUT2D eigenvalue weighted by Crippen LogP contribution is 2.30. The van der Waals surface area contributed by atoms with Crippen LogP contribution in [0.5, 0.6) is 0 Å². The summed E-state index contributed by atoms with van der Waals surface area (Å²) in [5.41, 5.74) is 3.23. The van der Waals surface area contributed by atoms with Gasteiger partial charge in [0.05, 0.1) is 5.69 Å². The number of amides is 1. The molecule has 5 rings (SSSR count). The van der Waals surface area contributed by atoms with E-state index in [0.29, 0.717) is 28.7 Å². The molecule has 0 saturated carbocycles. The van der Waals surface area contributed by atoms with E-state index in [4.69, 9.17) is 0 Å². The number of rotatable bonds is 4. The topological polar surface area (TPSA) is 72.7 Å². The number of halogens is 2. The van der Waals surface area contributed by atoms with Crippen LogP contribution < -0.4 is 5.32 Å². The number of anilines is 1. The smallest absolute Gasteiger partial charge is 0.278 e. The first-order valence-electron chi connectivity index (χ1n) is 9.36.